The van der Waals surface area contributed by atoms with Gasteiger partial charge < -0.3 is 9.64 Å². The van der Waals surface area contributed by atoms with Crippen molar-refractivity contribution < 1.29 is 9.53 Å². The molecule has 2 rings (SSSR count). The number of aromatic nitrogens is 1. The van der Waals surface area contributed by atoms with E-state index in [0.29, 0.717) is 5.92 Å². The van der Waals surface area contributed by atoms with Gasteiger partial charge in [-0.3, -0.25) is 4.79 Å². The maximum Gasteiger partial charge on any atom is 0.235 e. The highest BCUT2D eigenvalue weighted by atomic mass is 32.2. The van der Waals surface area contributed by atoms with Crippen molar-refractivity contribution in [2.45, 2.75) is 30.5 Å². The van der Waals surface area contributed by atoms with Crippen molar-refractivity contribution in [3.8, 4) is 0 Å². The summed E-state index contributed by atoms with van der Waals surface area (Å²) in [4.78, 5) is 18.7. The Labute approximate surface area is 124 Å². The van der Waals surface area contributed by atoms with Crippen molar-refractivity contribution in [1.29, 1.82) is 0 Å². The normalized spacial score (nSPS) is 19.8. The first-order valence-electron chi connectivity index (χ1n) is 7.15. The monoisotopic (exact) mass is 294 g/mol. The smallest absolute Gasteiger partial charge is 0.235 e. The van der Waals surface area contributed by atoms with Crippen LogP contribution in [0.2, 0.25) is 0 Å². The van der Waals surface area contributed by atoms with E-state index in [-0.39, 0.29) is 11.2 Å². The maximum atomic E-state index is 12.5. The van der Waals surface area contributed by atoms with E-state index in [4.69, 9.17) is 4.74 Å². The van der Waals surface area contributed by atoms with Gasteiger partial charge in [-0.05, 0) is 32.4 Å². The number of carbonyl (C=O) groups is 1. The molecule has 1 aliphatic rings. The summed E-state index contributed by atoms with van der Waals surface area (Å²) in [5.74, 6) is 0.681. The quantitative estimate of drug-likeness (QED) is 0.756. The van der Waals surface area contributed by atoms with E-state index >= 15 is 0 Å². The van der Waals surface area contributed by atoms with Gasteiger partial charge in [0.15, 0.2) is 0 Å². The molecule has 20 heavy (non-hydrogen) atoms. The molecule has 0 bridgehead atoms. The minimum atomic E-state index is -0.104. The zero-order chi connectivity index (χ0) is 14.4. The zero-order valence-electron chi connectivity index (χ0n) is 12.1. The van der Waals surface area contributed by atoms with Crippen LogP contribution in [0.5, 0.6) is 0 Å². The number of hydrogen-bond acceptors (Lipinski definition) is 4. The van der Waals surface area contributed by atoms with Gasteiger partial charge in [0.1, 0.15) is 0 Å². The molecule has 4 nitrogen and oxygen atoms in total. The van der Waals surface area contributed by atoms with Gasteiger partial charge in [-0.25, -0.2) is 4.98 Å². The van der Waals surface area contributed by atoms with E-state index < -0.39 is 0 Å². The molecule has 0 aromatic carbocycles. The van der Waals surface area contributed by atoms with Crippen LogP contribution in [0.4, 0.5) is 0 Å². The van der Waals surface area contributed by atoms with Crippen LogP contribution in [0.15, 0.2) is 29.4 Å². The van der Waals surface area contributed by atoms with Gasteiger partial charge in [-0.15, -0.1) is 0 Å². The first-order valence-corrected chi connectivity index (χ1v) is 8.03. The lowest BCUT2D eigenvalue weighted by atomic mass is 10.1. The summed E-state index contributed by atoms with van der Waals surface area (Å²) >= 11 is 1.52. The molecule has 0 radical (unpaired) electrons. The van der Waals surface area contributed by atoms with Gasteiger partial charge in [0, 0.05) is 31.8 Å². The minimum absolute atomic E-state index is 0.104. The largest absolute Gasteiger partial charge is 0.381 e. The third kappa shape index (κ3) is 4.21. The predicted molar refractivity (Wildman–Crippen MR) is 80.7 cm³/mol. The highest BCUT2D eigenvalue weighted by Crippen LogP contribution is 2.23. The van der Waals surface area contributed by atoms with Crippen molar-refractivity contribution in [3.05, 3.63) is 24.4 Å². The number of nitrogens with zero attached hydrogens (tertiary/aromatic N) is 2. The summed E-state index contributed by atoms with van der Waals surface area (Å²) in [7, 11) is 0. The molecule has 0 N–H and O–H groups in total. The summed E-state index contributed by atoms with van der Waals surface area (Å²) in [6, 6.07) is 5.77. The number of ether oxygens (including phenoxy) is 1. The van der Waals surface area contributed by atoms with E-state index in [1.807, 2.05) is 36.9 Å². The zero-order valence-corrected chi connectivity index (χ0v) is 12.9. The second-order valence-corrected chi connectivity index (χ2v) is 6.40. The van der Waals surface area contributed by atoms with Gasteiger partial charge in [-0.1, -0.05) is 17.8 Å². The average Bonchev–Trinajstić information content (AvgIpc) is 2.98. The Morgan fingerprint density at radius 2 is 2.45 bits per heavy atom. The molecule has 1 saturated heterocycles. The van der Waals surface area contributed by atoms with Crippen molar-refractivity contribution in [2.75, 3.05) is 26.3 Å². The molecular weight excluding hydrogens is 272 g/mol. The lowest BCUT2D eigenvalue weighted by Gasteiger charge is -2.26. The van der Waals surface area contributed by atoms with Crippen LogP contribution in [0.1, 0.15) is 20.3 Å². The van der Waals surface area contributed by atoms with E-state index in [0.717, 1.165) is 37.8 Å². The SMILES string of the molecule is CCN(C[C@H]1CCOC1)C(=O)[C@@H](C)Sc1ccccn1. The first-order chi connectivity index (χ1) is 9.70. The van der Waals surface area contributed by atoms with Gasteiger partial charge >= 0.3 is 0 Å². The second kappa shape index (κ2) is 7.64. The molecule has 1 amide bonds. The molecule has 0 aliphatic carbocycles. The number of rotatable bonds is 6. The Morgan fingerprint density at radius 3 is 3.05 bits per heavy atom. The highest BCUT2D eigenvalue weighted by Gasteiger charge is 2.25. The third-order valence-electron chi connectivity index (χ3n) is 3.48. The van der Waals surface area contributed by atoms with Crippen molar-refractivity contribution in [1.82, 2.24) is 9.88 Å². The van der Waals surface area contributed by atoms with Gasteiger partial charge in [0.2, 0.25) is 5.91 Å². The van der Waals surface area contributed by atoms with Crippen molar-refractivity contribution in [2.24, 2.45) is 5.92 Å². The Hall–Kier alpha value is -1.07. The van der Waals surface area contributed by atoms with Crippen LogP contribution in [-0.4, -0.2) is 47.3 Å². The molecule has 1 fully saturated rings. The van der Waals surface area contributed by atoms with Gasteiger partial charge in [0.25, 0.3) is 0 Å². The molecule has 2 atom stereocenters. The molecule has 5 heteroatoms. The Balaban J connectivity index is 1.89. The van der Waals surface area contributed by atoms with Crippen LogP contribution < -0.4 is 0 Å². The molecule has 110 valence electrons. The summed E-state index contributed by atoms with van der Waals surface area (Å²) in [5, 5.41) is 0.792. The fourth-order valence-electron chi connectivity index (χ4n) is 2.32. The van der Waals surface area contributed by atoms with E-state index in [9.17, 15) is 4.79 Å². The summed E-state index contributed by atoms with van der Waals surface area (Å²) in [6.45, 7) is 7.16. The molecule has 0 spiro atoms. The molecule has 1 aromatic rings. The summed E-state index contributed by atoms with van der Waals surface area (Å²) in [5.41, 5.74) is 0. The number of hydrogen-bond donors (Lipinski definition) is 0. The van der Waals surface area contributed by atoms with Crippen LogP contribution in [0, 0.1) is 5.92 Å². The average molecular weight is 294 g/mol. The number of carbonyl (C=O) groups excluding carboxylic acids is 1. The lowest BCUT2D eigenvalue weighted by molar-refractivity contribution is -0.130. The predicted octanol–water partition coefficient (Wildman–Crippen LogP) is 2.45. The molecule has 1 aromatic heterocycles. The Bertz CT molecular complexity index is 421. The van der Waals surface area contributed by atoms with Crippen LogP contribution in [-0.2, 0) is 9.53 Å². The van der Waals surface area contributed by atoms with Crippen molar-refractivity contribution >= 4 is 17.7 Å². The third-order valence-corrected chi connectivity index (χ3v) is 4.52. The topological polar surface area (TPSA) is 42.4 Å². The van der Waals surface area contributed by atoms with Crippen molar-refractivity contribution in [3.63, 3.8) is 0 Å². The van der Waals surface area contributed by atoms with E-state index in [1.165, 1.54) is 11.8 Å². The Morgan fingerprint density at radius 1 is 1.60 bits per heavy atom. The van der Waals surface area contributed by atoms with Crippen LogP contribution in [0.25, 0.3) is 0 Å². The highest BCUT2D eigenvalue weighted by molar-refractivity contribution is 8.00. The van der Waals surface area contributed by atoms with Gasteiger partial charge in [0.05, 0.1) is 16.9 Å². The fourth-order valence-corrected chi connectivity index (χ4v) is 3.21. The molecule has 0 saturated carbocycles. The van der Waals surface area contributed by atoms with Crippen LogP contribution in [0.3, 0.4) is 0 Å². The second-order valence-electron chi connectivity index (χ2n) is 5.03. The number of pyridine rings is 1. The molecular formula is C15H22N2O2S. The summed E-state index contributed by atoms with van der Waals surface area (Å²) in [6.07, 6.45) is 2.82. The standard InChI is InChI=1S/C15H22N2O2S/c1-3-17(10-13-7-9-19-11-13)15(18)12(2)20-14-6-4-5-8-16-14/h4-6,8,12-13H,3,7,9-11H2,1-2H3/t12-,13-/m1/s1. The Kier molecular flexibility index (Phi) is 5.86. The molecule has 1 aliphatic heterocycles. The van der Waals surface area contributed by atoms with E-state index in [2.05, 4.69) is 4.98 Å². The first kappa shape index (κ1) is 15.3. The lowest BCUT2D eigenvalue weighted by Crippen LogP contribution is -2.39. The number of amides is 1. The fraction of sp³-hybridized carbons (Fsp3) is 0.600. The molecule has 0 unspecified atom stereocenters. The maximum absolute atomic E-state index is 12.5. The van der Waals surface area contributed by atoms with E-state index in [1.54, 1.807) is 6.20 Å². The summed E-state index contributed by atoms with van der Waals surface area (Å²) < 4.78 is 5.39. The van der Waals surface area contributed by atoms with Crippen LogP contribution >= 0.6 is 11.8 Å². The number of thioether (sulfide) groups is 1. The molecule has 2 heterocycles. The van der Waals surface area contributed by atoms with Gasteiger partial charge in [-0.2, -0.15) is 0 Å². The minimum Gasteiger partial charge on any atom is -0.381 e.